The standard InChI is InChI=1S/C12H27N3O/c1-4-15-5-6-16-12(10-15)9-14(3)8-11(2)7-13/h11-12H,4-10,13H2,1-3H3. The van der Waals surface area contributed by atoms with E-state index in [1.807, 2.05) is 0 Å². The minimum atomic E-state index is 0.365. The van der Waals surface area contributed by atoms with E-state index in [4.69, 9.17) is 10.5 Å². The van der Waals surface area contributed by atoms with E-state index in [0.717, 1.165) is 45.9 Å². The van der Waals surface area contributed by atoms with Crippen molar-refractivity contribution in [3.8, 4) is 0 Å². The predicted octanol–water partition coefficient (Wildman–Crippen LogP) is 0.234. The van der Waals surface area contributed by atoms with Crippen LogP contribution in [0.3, 0.4) is 0 Å². The number of rotatable bonds is 6. The summed E-state index contributed by atoms with van der Waals surface area (Å²) in [6, 6.07) is 0. The molecule has 16 heavy (non-hydrogen) atoms. The molecule has 4 heteroatoms. The quantitative estimate of drug-likeness (QED) is 0.708. The van der Waals surface area contributed by atoms with Gasteiger partial charge in [-0.1, -0.05) is 13.8 Å². The number of hydrogen-bond acceptors (Lipinski definition) is 4. The van der Waals surface area contributed by atoms with E-state index < -0.39 is 0 Å². The fraction of sp³-hybridized carbons (Fsp3) is 1.00. The molecule has 0 aromatic carbocycles. The molecule has 0 saturated carbocycles. The van der Waals surface area contributed by atoms with Gasteiger partial charge >= 0.3 is 0 Å². The van der Waals surface area contributed by atoms with Gasteiger partial charge in [0.2, 0.25) is 0 Å². The van der Waals surface area contributed by atoms with E-state index in [1.165, 1.54) is 0 Å². The fourth-order valence-electron chi connectivity index (χ4n) is 2.21. The Hall–Kier alpha value is -0.160. The lowest BCUT2D eigenvalue weighted by Gasteiger charge is -2.34. The highest BCUT2D eigenvalue weighted by Crippen LogP contribution is 2.07. The van der Waals surface area contributed by atoms with Crippen LogP contribution in [0.5, 0.6) is 0 Å². The van der Waals surface area contributed by atoms with Crippen LogP contribution in [0, 0.1) is 5.92 Å². The molecule has 0 aromatic rings. The van der Waals surface area contributed by atoms with E-state index in [0.29, 0.717) is 12.0 Å². The molecule has 0 bridgehead atoms. The second kappa shape index (κ2) is 7.22. The lowest BCUT2D eigenvalue weighted by molar-refractivity contribution is -0.0398. The van der Waals surface area contributed by atoms with Crippen molar-refractivity contribution in [3.63, 3.8) is 0 Å². The van der Waals surface area contributed by atoms with Crippen molar-refractivity contribution in [3.05, 3.63) is 0 Å². The molecule has 4 nitrogen and oxygen atoms in total. The van der Waals surface area contributed by atoms with Crippen molar-refractivity contribution < 1.29 is 4.74 Å². The van der Waals surface area contributed by atoms with Gasteiger partial charge in [-0.2, -0.15) is 0 Å². The van der Waals surface area contributed by atoms with Crippen molar-refractivity contribution in [2.75, 3.05) is 52.9 Å². The van der Waals surface area contributed by atoms with Gasteiger partial charge in [0, 0.05) is 26.2 Å². The molecule has 0 aliphatic carbocycles. The Bertz CT molecular complexity index is 189. The van der Waals surface area contributed by atoms with Gasteiger partial charge in [0.05, 0.1) is 12.7 Å². The van der Waals surface area contributed by atoms with Crippen molar-refractivity contribution in [2.45, 2.75) is 20.0 Å². The van der Waals surface area contributed by atoms with Crippen LogP contribution in [0.15, 0.2) is 0 Å². The third-order valence-electron chi connectivity index (χ3n) is 3.21. The SMILES string of the molecule is CCN1CCOC(CN(C)CC(C)CN)C1. The van der Waals surface area contributed by atoms with Crippen molar-refractivity contribution >= 4 is 0 Å². The molecule has 0 radical (unpaired) electrons. The fourth-order valence-corrected chi connectivity index (χ4v) is 2.21. The molecule has 2 atom stereocenters. The molecule has 96 valence electrons. The van der Waals surface area contributed by atoms with E-state index in [-0.39, 0.29) is 0 Å². The number of nitrogens with zero attached hydrogens (tertiary/aromatic N) is 2. The first-order chi connectivity index (χ1) is 7.65. The van der Waals surface area contributed by atoms with Crippen LogP contribution in [-0.4, -0.2) is 68.8 Å². The molecule has 1 heterocycles. The first-order valence-electron chi connectivity index (χ1n) is 6.38. The maximum atomic E-state index is 5.78. The highest BCUT2D eigenvalue weighted by Gasteiger charge is 2.20. The molecule has 2 N–H and O–H groups in total. The Morgan fingerprint density at radius 2 is 2.31 bits per heavy atom. The van der Waals surface area contributed by atoms with Gasteiger partial charge in [0.1, 0.15) is 0 Å². The molecular formula is C12H27N3O. The summed E-state index contributed by atoms with van der Waals surface area (Å²) >= 11 is 0. The molecule has 2 unspecified atom stereocenters. The molecule has 1 aliphatic heterocycles. The maximum Gasteiger partial charge on any atom is 0.0829 e. The maximum absolute atomic E-state index is 5.78. The number of hydrogen-bond donors (Lipinski definition) is 1. The van der Waals surface area contributed by atoms with Gasteiger partial charge < -0.3 is 15.4 Å². The molecule has 0 spiro atoms. The summed E-state index contributed by atoms with van der Waals surface area (Å²) in [6.07, 6.45) is 0.365. The molecule has 1 saturated heterocycles. The van der Waals surface area contributed by atoms with Crippen LogP contribution in [0.1, 0.15) is 13.8 Å². The van der Waals surface area contributed by atoms with Gasteiger partial charge in [-0.3, -0.25) is 4.90 Å². The zero-order chi connectivity index (χ0) is 12.0. The smallest absolute Gasteiger partial charge is 0.0829 e. The summed E-state index contributed by atoms with van der Waals surface area (Å²) in [5.41, 5.74) is 5.63. The monoisotopic (exact) mass is 229 g/mol. The highest BCUT2D eigenvalue weighted by atomic mass is 16.5. The van der Waals surface area contributed by atoms with Gasteiger partial charge in [0.25, 0.3) is 0 Å². The normalized spacial score (nSPS) is 24.9. The number of likely N-dealkylation sites (N-methyl/N-ethyl adjacent to an activating group) is 2. The minimum Gasteiger partial charge on any atom is -0.374 e. The second-order valence-electron chi connectivity index (χ2n) is 4.95. The van der Waals surface area contributed by atoms with Crippen LogP contribution in [-0.2, 0) is 4.74 Å². The van der Waals surface area contributed by atoms with Gasteiger partial charge in [-0.15, -0.1) is 0 Å². The van der Waals surface area contributed by atoms with Gasteiger partial charge in [-0.25, -0.2) is 0 Å². The van der Waals surface area contributed by atoms with Gasteiger partial charge in [0.15, 0.2) is 0 Å². The van der Waals surface area contributed by atoms with E-state index in [2.05, 4.69) is 30.7 Å². The Labute approximate surface area is 99.7 Å². The third kappa shape index (κ3) is 4.78. The highest BCUT2D eigenvalue weighted by molar-refractivity contribution is 4.74. The minimum absolute atomic E-state index is 0.365. The third-order valence-corrected chi connectivity index (χ3v) is 3.21. The summed E-state index contributed by atoms with van der Waals surface area (Å²) in [4.78, 5) is 4.79. The summed E-state index contributed by atoms with van der Waals surface area (Å²) in [7, 11) is 2.15. The van der Waals surface area contributed by atoms with Crippen molar-refractivity contribution in [1.29, 1.82) is 0 Å². The molecular weight excluding hydrogens is 202 g/mol. The predicted molar refractivity (Wildman–Crippen MR) is 67.6 cm³/mol. The Kier molecular flexibility index (Phi) is 6.28. The summed E-state index contributed by atoms with van der Waals surface area (Å²) in [5.74, 6) is 0.566. The number of ether oxygens (including phenoxy) is 1. The van der Waals surface area contributed by atoms with E-state index >= 15 is 0 Å². The summed E-state index contributed by atoms with van der Waals surface area (Å²) < 4.78 is 5.78. The lowest BCUT2D eigenvalue weighted by Crippen LogP contribution is -2.47. The average Bonchev–Trinajstić information content (AvgIpc) is 2.28. The van der Waals surface area contributed by atoms with Crippen LogP contribution in [0.25, 0.3) is 0 Å². The first-order valence-corrected chi connectivity index (χ1v) is 6.38. The summed E-state index contributed by atoms with van der Waals surface area (Å²) in [6.45, 7) is 11.4. The molecule has 1 fully saturated rings. The summed E-state index contributed by atoms with van der Waals surface area (Å²) in [5, 5.41) is 0. The zero-order valence-corrected chi connectivity index (χ0v) is 11.0. The Balaban J connectivity index is 2.24. The Morgan fingerprint density at radius 3 is 2.94 bits per heavy atom. The second-order valence-corrected chi connectivity index (χ2v) is 4.95. The molecule has 1 aliphatic rings. The lowest BCUT2D eigenvalue weighted by atomic mass is 10.1. The van der Waals surface area contributed by atoms with E-state index in [9.17, 15) is 0 Å². The van der Waals surface area contributed by atoms with Crippen LogP contribution < -0.4 is 5.73 Å². The number of morpholine rings is 1. The van der Waals surface area contributed by atoms with Crippen LogP contribution in [0.2, 0.25) is 0 Å². The largest absolute Gasteiger partial charge is 0.374 e. The van der Waals surface area contributed by atoms with Gasteiger partial charge in [-0.05, 0) is 26.1 Å². The average molecular weight is 229 g/mol. The zero-order valence-electron chi connectivity index (χ0n) is 11.0. The van der Waals surface area contributed by atoms with Crippen LogP contribution >= 0.6 is 0 Å². The number of nitrogens with two attached hydrogens (primary N) is 1. The topological polar surface area (TPSA) is 41.7 Å². The van der Waals surface area contributed by atoms with Crippen LogP contribution in [0.4, 0.5) is 0 Å². The Morgan fingerprint density at radius 1 is 1.56 bits per heavy atom. The molecule has 0 aromatic heterocycles. The van der Waals surface area contributed by atoms with E-state index in [1.54, 1.807) is 0 Å². The first kappa shape index (κ1) is 13.9. The molecule has 0 amide bonds. The molecule has 1 rings (SSSR count). The van der Waals surface area contributed by atoms with Crippen molar-refractivity contribution in [1.82, 2.24) is 9.80 Å². The van der Waals surface area contributed by atoms with Crippen molar-refractivity contribution in [2.24, 2.45) is 11.7 Å².